The maximum Gasteiger partial charge on any atom is 0.335 e. The third-order valence-electron chi connectivity index (χ3n) is 2.42. The van der Waals surface area contributed by atoms with Crippen LogP contribution in [-0.2, 0) is 0 Å². The number of aromatic nitrogens is 1. The fourth-order valence-electron chi connectivity index (χ4n) is 1.53. The number of aryl methyl sites for hydroxylation is 1. The molecule has 0 aliphatic rings. The average Bonchev–Trinajstić information content (AvgIpc) is 2.32. The second-order valence-corrected chi connectivity index (χ2v) is 4.26. The molecule has 19 heavy (non-hydrogen) atoms. The highest BCUT2D eigenvalue weighted by molar-refractivity contribution is 6.30. The number of ether oxygens (including phenoxy) is 1. The molecule has 0 radical (unpaired) electrons. The lowest BCUT2D eigenvalue weighted by molar-refractivity contribution is 0.0696. The summed E-state index contributed by atoms with van der Waals surface area (Å²) in [6, 6.07) is 5.41. The van der Waals surface area contributed by atoms with Gasteiger partial charge in [0.15, 0.2) is 5.82 Å². The number of hydrogen-bond acceptors (Lipinski definition) is 3. The van der Waals surface area contributed by atoms with Crippen molar-refractivity contribution in [1.29, 1.82) is 0 Å². The van der Waals surface area contributed by atoms with E-state index in [4.69, 9.17) is 21.4 Å². The first-order valence-electron chi connectivity index (χ1n) is 5.30. The zero-order chi connectivity index (χ0) is 14.0. The number of carboxylic acids is 1. The summed E-state index contributed by atoms with van der Waals surface area (Å²) in [6.07, 6.45) is 1.26. The SMILES string of the molecule is Cc1cc(Oc2ncc(Cl)cc2F)ccc1C(=O)O. The summed E-state index contributed by atoms with van der Waals surface area (Å²) in [5.74, 6) is -1.63. The third-order valence-corrected chi connectivity index (χ3v) is 2.62. The number of aromatic carboxylic acids is 1. The van der Waals surface area contributed by atoms with Gasteiger partial charge in [-0.3, -0.25) is 0 Å². The first kappa shape index (κ1) is 13.3. The molecule has 0 aliphatic carbocycles. The van der Waals surface area contributed by atoms with Gasteiger partial charge in [-0.15, -0.1) is 0 Å². The van der Waals surface area contributed by atoms with Crippen LogP contribution >= 0.6 is 11.6 Å². The van der Waals surface area contributed by atoms with Crippen LogP contribution in [0, 0.1) is 12.7 Å². The number of benzene rings is 1. The first-order valence-corrected chi connectivity index (χ1v) is 5.68. The molecule has 98 valence electrons. The number of pyridine rings is 1. The van der Waals surface area contributed by atoms with Gasteiger partial charge in [-0.2, -0.15) is 0 Å². The van der Waals surface area contributed by atoms with E-state index in [9.17, 15) is 9.18 Å². The lowest BCUT2D eigenvalue weighted by atomic mass is 10.1. The minimum absolute atomic E-state index is 0.164. The molecule has 0 bridgehead atoms. The molecule has 0 spiro atoms. The molecule has 0 saturated heterocycles. The molecule has 0 aliphatic heterocycles. The molecule has 0 unspecified atom stereocenters. The van der Waals surface area contributed by atoms with Crippen molar-refractivity contribution in [1.82, 2.24) is 4.98 Å². The molecule has 0 atom stereocenters. The Morgan fingerprint density at radius 3 is 2.74 bits per heavy atom. The van der Waals surface area contributed by atoms with Crippen LogP contribution in [0.5, 0.6) is 11.6 Å². The van der Waals surface area contributed by atoms with Crippen LogP contribution in [0.1, 0.15) is 15.9 Å². The third kappa shape index (κ3) is 3.00. The molecule has 4 nitrogen and oxygen atoms in total. The second kappa shape index (κ2) is 5.24. The minimum atomic E-state index is -1.03. The van der Waals surface area contributed by atoms with Gasteiger partial charge in [0.25, 0.3) is 5.88 Å². The van der Waals surface area contributed by atoms with Gasteiger partial charge >= 0.3 is 5.97 Å². The molecule has 6 heteroatoms. The molecule has 0 fully saturated rings. The Hall–Kier alpha value is -2.14. The van der Waals surface area contributed by atoms with E-state index in [0.717, 1.165) is 6.07 Å². The van der Waals surface area contributed by atoms with Crippen LogP contribution in [0.2, 0.25) is 5.02 Å². The maximum absolute atomic E-state index is 13.5. The van der Waals surface area contributed by atoms with Crippen molar-refractivity contribution >= 4 is 17.6 Å². The summed E-state index contributed by atoms with van der Waals surface area (Å²) < 4.78 is 18.7. The molecule has 1 aromatic heterocycles. The van der Waals surface area contributed by atoms with Gasteiger partial charge in [-0.1, -0.05) is 11.6 Å². The van der Waals surface area contributed by atoms with E-state index in [0.29, 0.717) is 11.3 Å². The monoisotopic (exact) mass is 281 g/mol. The Kier molecular flexibility index (Phi) is 3.66. The number of carbonyl (C=O) groups is 1. The summed E-state index contributed by atoms with van der Waals surface area (Å²) in [5, 5.41) is 9.06. The summed E-state index contributed by atoms with van der Waals surface area (Å²) in [7, 11) is 0. The highest BCUT2D eigenvalue weighted by atomic mass is 35.5. The number of hydrogen-bond donors (Lipinski definition) is 1. The molecule has 1 N–H and O–H groups in total. The van der Waals surface area contributed by atoms with E-state index in [-0.39, 0.29) is 16.5 Å². The zero-order valence-corrected chi connectivity index (χ0v) is 10.6. The van der Waals surface area contributed by atoms with Gasteiger partial charge in [0.2, 0.25) is 0 Å². The van der Waals surface area contributed by atoms with Crippen molar-refractivity contribution < 1.29 is 19.0 Å². The standard InChI is InChI=1S/C13H9ClFNO3/c1-7-4-9(2-3-10(7)13(17)18)19-12-11(15)5-8(14)6-16-12/h2-6H,1H3,(H,17,18). The lowest BCUT2D eigenvalue weighted by Gasteiger charge is -2.07. The van der Waals surface area contributed by atoms with Gasteiger partial charge in [-0.05, 0) is 36.8 Å². The van der Waals surface area contributed by atoms with E-state index in [1.807, 2.05) is 0 Å². The highest BCUT2D eigenvalue weighted by Crippen LogP contribution is 2.25. The van der Waals surface area contributed by atoms with E-state index < -0.39 is 11.8 Å². The second-order valence-electron chi connectivity index (χ2n) is 3.82. The molecular weight excluding hydrogens is 273 g/mol. The van der Waals surface area contributed by atoms with Gasteiger partial charge in [0.1, 0.15) is 5.75 Å². The normalized spacial score (nSPS) is 10.3. The minimum Gasteiger partial charge on any atom is -0.478 e. The largest absolute Gasteiger partial charge is 0.478 e. The van der Waals surface area contributed by atoms with E-state index >= 15 is 0 Å². The fraction of sp³-hybridized carbons (Fsp3) is 0.0769. The van der Waals surface area contributed by atoms with Gasteiger partial charge in [0.05, 0.1) is 10.6 Å². The van der Waals surface area contributed by atoms with Gasteiger partial charge in [-0.25, -0.2) is 14.2 Å². The quantitative estimate of drug-likeness (QED) is 0.932. The van der Waals surface area contributed by atoms with Gasteiger partial charge < -0.3 is 9.84 Å². The van der Waals surface area contributed by atoms with Crippen molar-refractivity contribution in [3.8, 4) is 11.6 Å². The van der Waals surface area contributed by atoms with E-state index in [1.165, 1.54) is 24.4 Å². The van der Waals surface area contributed by atoms with Crippen LogP contribution in [0.4, 0.5) is 4.39 Å². The Bertz CT molecular complexity index is 646. The fourth-order valence-corrected chi connectivity index (χ4v) is 1.67. The number of rotatable bonds is 3. The Labute approximate surface area is 113 Å². The summed E-state index contributed by atoms with van der Waals surface area (Å²) in [4.78, 5) is 14.6. The van der Waals surface area contributed by atoms with Crippen LogP contribution in [0.25, 0.3) is 0 Å². The highest BCUT2D eigenvalue weighted by Gasteiger charge is 2.11. The summed E-state index contributed by atoms with van der Waals surface area (Å²) in [6.45, 7) is 1.63. The molecule has 2 aromatic rings. The molecule has 1 aromatic carbocycles. The summed E-state index contributed by atoms with van der Waals surface area (Å²) >= 11 is 5.58. The maximum atomic E-state index is 13.5. The van der Waals surface area contributed by atoms with Gasteiger partial charge in [0, 0.05) is 6.20 Å². The molecule has 0 amide bonds. The lowest BCUT2D eigenvalue weighted by Crippen LogP contribution is -2.00. The number of carboxylic acid groups (broad SMARTS) is 1. The molecule has 0 saturated carbocycles. The average molecular weight is 282 g/mol. The molecule has 2 rings (SSSR count). The van der Waals surface area contributed by atoms with E-state index in [2.05, 4.69) is 4.98 Å². The zero-order valence-electron chi connectivity index (χ0n) is 9.85. The first-order chi connectivity index (χ1) is 8.97. The number of nitrogens with zero attached hydrogens (tertiary/aromatic N) is 1. The number of halogens is 2. The predicted molar refractivity (Wildman–Crippen MR) is 67.4 cm³/mol. The van der Waals surface area contributed by atoms with Crippen LogP contribution < -0.4 is 4.74 Å². The van der Waals surface area contributed by atoms with E-state index in [1.54, 1.807) is 6.92 Å². The van der Waals surface area contributed by atoms with Crippen molar-refractivity contribution in [2.75, 3.05) is 0 Å². The van der Waals surface area contributed by atoms with Crippen LogP contribution in [0.15, 0.2) is 30.5 Å². The topological polar surface area (TPSA) is 59.4 Å². The predicted octanol–water partition coefficient (Wildman–Crippen LogP) is 3.67. The smallest absolute Gasteiger partial charge is 0.335 e. The Balaban J connectivity index is 2.29. The van der Waals surface area contributed by atoms with Crippen molar-refractivity contribution in [3.63, 3.8) is 0 Å². The molecule has 1 heterocycles. The molecular formula is C13H9ClFNO3. The Morgan fingerprint density at radius 1 is 1.42 bits per heavy atom. The van der Waals surface area contributed by atoms with Crippen LogP contribution in [-0.4, -0.2) is 16.1 Å². The van der Waals surface area contributed by atoms with Crippen molar-refractivity contribution in [2.24, 2.45) is 0 Å². The Morgan fingerprint density at radius 2 is 2.16 bits per heavy atom. The van der Waals surface area contributed by atoms with Crippen molar-refractivity contribution in [2.45, 2.75) is 6.92 Å². The van der Waals surface area contributed by atoms with Crippen LogP contribution in [0.3, 0.4) is 0 Å². The summed E-state index contributed by atoms with van der Waals surface area (Å²) in [5.41, 5.74) is 0.677. The van der Waals surface area contributed by atoms with Crippen molar-refractivity contribution in [3.05, 3.63) is 52.4 Å².